The third kappa shape index (κ3) is 5.09. The highest BCUT2D eigenvalue weighted by atomic mass is 32.2. The van der Waals surface area contributed by atoms with Gasteiger partial charge in [0.25, 0.3) is 5.24 Å². The molecule has 2 fully saturated rings. The smallest absolute Gasteiger partial charge is 0.284 e. The maximum Gasteiger partial charge on any atom is 0.284 e. The van der Waals surface area contributed by atoms with Gasteiger partial charge in [0.05, 0.1) is 20.2 Å². The van der Waals surface area contributed by atoms with E-state index in [1.807, 2.05) is 18.7 Å². The summed E-state index contributed by atoms with van der Waals surface area (Å²) in [4.78, 5) is 18.5. The molecule has 0 aromatic heterocycles. The van der Waals surface area contributed by atoms with Gasteiger partial charge in [-0.2, -0.15) is 0 Å². The molecule has 1 amide bonds. The Balaban J connectivity index is 1.80. The molecular formula is C23H38N2O2SSi. The van der Waals surface area contributed by atoms with Crippen molar-refractivity contribution >= 4 is 25.1 Å². The summed E-state index contributed by atoms with van der Waals surface area (Å²) in [6.07, 6.45) is 2.41. The van der Waals surface area contributed by atoms with Crippen molar-refractivity contribution in [2.75, 3.05) is 13.2 Å². The number of amides is 1. The van der Waals surface area contributed by atoms with Crippen LogP contribution >= 0.6 is 11.8 Å². The summed E-state index contributed by atoms with van der Waals surface area (Å²) in [5.74, 6) is 0. The van der Waals surface area contributed by atoms with Crippen LogP contribution in [0.4, 0.5) is 4.79 Å². The highest BCUT2D eigenvalue weighted by Crippen LogP contribution is 2.41. The molecule has 2 atom stereocenters. The predicted molar refractivity (Wildman–Crippen MR) is 126 cm³/mol. The number of carbonyl (C=O) groups is 1. The molecule has 6 heteroatoms. The van der Waals surface area contributed by atoms with E-state index in [-0.39, 0.29) is 10.8 Å². The molecule has 2 aliphatic heterocycles. The van der Waals surface area contributed by atoms with Gasteiger partial charge >= 0.3 is 0 Å². The average Bonchev–Trinajstić information content (AvgIpc) is 3.13. The maximum atomic E-state index is 13.6. The lowest BCUT2D eigenvalue weighted by atomic mass is 10.1. The van der Waals surface area contributed by atoms with Crippen molar-refractivity contribution in [3.8, 4) is 0 Å². The van der Waals surface area contributed by atoms with E-state index in [2.05, 4.69) is 68.7 Å². The van der Waals surface area contributed by atoms with Crippen LogP contribution in [0, 0.1) is 0 Å². The molecule has 3 rings (SSSR count). The minimum absolute atomic E-state index is 0.177. The van der Waals surface area contributed by atoms with Crippen LogP contribution in [-0.4, -0.2) is 58.4 Å². The lowest BCUT2D eigenvalue weighted by molar-refractivity contribution is -0.0298. The van der Waals surface area contributed by atoms with Gasteiger partial charge in [-0.05, 0) is 52.6 Å². The van der Waals surface area contributed by atoms with E-state index in [0.717, 1.165) is 13.1 Å². The lowest BCUT2D eigenvalue weighted by Gasteiger charge is -2.42. The molecule has 162 valence electrons. The fourth-order valence-corrected chi connectivity index (χ4v) is 9.38. The average molecular weight is 435 g/mol. The monoisotopic (exact) mass is 434 g/mol. The molecule has 2 heterocycles. The van der Waals surface area contributed by atoms with Crippen LogP contribution in [0.3, 0.4) is 0 Å². The number of carbonyl (C=O) groups excluding carboxylic acids is 1. The van der Waals surface area contributed by atoms with E-state index < -0.39 is 13.8 Å². The lowest BCUT2D eigenvalue weighted by Crippen LogP contribution is -2.55. The highest BCUT2D eigenvalue weighted by molar-refractivity contribution is 8.15. The zero-order valence-electron chi connectivity index (χ0n) is 19.2. The first-order valence-corrected chi connectivity index (χ1v) is 15.3. The van der Waals surface area contributed by atoms with E-state index >= 15 is 0 Å². The first-order chi connectivity index (χ1) is 13.4. The Morgan fingerprint density at radius 3 is 2.41 bits per heavy atom. The van der Waals surface area contributed by atoms with Gasteiger partial charge < -0.3 is 4.74 Å². The molecule has 4 nitrogen and oxygen atoms in total. The summed E-state index contributed by atoms with van der Waals surface area (Å²) in [5.41, 5.74) is 0.550. The minimum Gasteiger partial charge on any atom is -0.354 e. The van der Waals surface area contributed by atoms with Crippen molar-refractivity contribution in [3.05, 3.63) is 35.9 Å². The molecule has 29 heavy (non-hydrogen) atoms. The third-order valence-electron chi connectivity index (χ3n) is 6.18. The summed E-state index contributed by atoms with van der Waals surface area (Å²) >= 11 is 1.59. The van der Waals surface area contributed by atoms with Crippen molar-refractivity contribution in [1.29, 1.82) is 0 Å². The van der Waals surface area contributed by atoms with Crippen LogP contribution < -0.4 is 0 Å². The molecule has 1 aromatic carbocycles. The van der Waals surface area contributed by atoms with Gasteiger partial charge in [-0.15, -0.1) is 0 Å². The Morgan fingerprint density at radius 2 is 1.86 bits per heavy atom. The molecular weight excluding hydrogens is 396 g/mol. The van der Waals surface area contributed by atoms with Gasteiger partial charge in [0.1, 0.15) is 5.72 Å². The highest BCUT2D eigenvalue weighted by Gasteiger charge is 2.51. The summed E-state index contributed by atoms with van der Waals surface area (Å²) in [6.45, 7) is 18.2. The number of benzene rings is 1. The van der Waals surface area contributed by atoms with Crippen LogP contribution in [0.2, 0.25) is 19.6 Å². The Bertz CT molecular complexity index is 701. The summed E-state index contributed by atoms with van der Waals surface area (Å²) in [5, 5.41) is 0.177. The van der Waals surface area contributed by atoms with Crippen LogP contribution in [0.1, 0.15) is 46.1 Å². The van der Waals surface area contributed by atoms with Crippen molar-refractivity contribution < 1.29 is 9.53 Å². The number of ether oxygens (including phenoxy) is 1. The van der Waals surface area contributed by atoms with E-state index in [4.69, 9.17) is 4.74 Å². The van der Waals surface area contributed by atoms with Crippen molar-refractivity contribution in [2.24, 2.45) is 0 Å². The number of likely N-dealkylation sites (tertiary alicyclic amines) is 1. The van der Waals surface area contributed by atoms with Crippen molar-refractivity contribution in [1.82, 2.24) is 9.80 Å². The summed E-state index contributed by atoms with van der Waals surface area (Å²) < 4.78 is 5.97. The molecule has 0 bridgehead atoms. The van der Waals surface area contributed by atoms with Gasteiger partial charge in [-0.3, -0.25) is 14.6 Å². The minimum atomic E-state index is -1.58. The van der Waals surface area contributed by atoms with Crippen LogP contribution in [0.5, 0.6) is 0 Å². The number of nitrogens with zero attached hydrogens (tertiary/aromatic N) is 2. The van der Waals surface area contributed by atoms with E-state index in [1.54, 1.807) is 11.8 Å². The zero-order chi connectivity index (χ0) is 21.4. The van der Waals surface area contributed by atoms with Gasteiger partial charge in [-0.25, -0.2) is 0 Å². The molecule has 0 spiro atoms. The van der Waals surface area contributed by atoms with Crippen LogP contribution in [0.15, 0.2) is 30.3 Å². The standard InChI is InChI=1S/C23H38N2O2SSi/c1-22(2)17-27-23(3,4)25(22)21(26)28-20(29(5,6)7)19-14-11-15-24(19)16-18-12-9-8-10-13-18/h8-10,12-13,19-20H,11,14-17H2,1-7H3/t19-,20+/m0/s1. The van der Waals surface area contributed by atoms with Gasteiger partial charge in [0, 0.05) is 17.5 Å². The fraction of sp³-hybridized carbons (Fsp3) is 0.696. The van der Waals surface area contributed by atoms with Crippen molar-refractivity contribution in [2.45, 2.75) is 88.9 Å². The van der Waals surface area contributed by atoms with Gasteiger partial charge in [0.15, 0.2) is 0 Å². The van der Waals surface area contributed by atoms with Crippen molar-refractivity contribution in [3.63, 3.8) is 0 Å². The third-order valence-corrected chi connectivity index (χ3v) is 11.7. The second kappa shape index (κ2) is 8.37. The number of hydrogen-bond donors (Lipinski definition) is 0. The van der Waals surface area contributed by atoms with Gasteiger partial charge in [-0.1, -0.05) is 61.7 Å². The van der Waals surface area contributed by atoms with E-state index in [0.29, 0.717) is 17.5 Å². The second-order valence-electron chi connectivity index (χ2n) is 10.7. The fourth-order valence-electron chi connectivity index (χ4n) is 4.88. The van der Waals surface area contributed by atoms with Gasteiger partial charge in [0.2, 0.25) is 0 Å². The Kier molecular flexibility index (Phi) is 6.59. The quantitative estimate of drug-likeness (QED) is 0.565. The number of hydrogen-bond acceptors (Lipinski definition) is 4. The molecule has 0 unspecified atom stereocenters. The topological polar surface area (TPSA) is 32.8 Å². The summed E-state index contributed by atoms with van der Waals surface area (Å²) in [7, 11) is -1.58. The second-order valence-corrected chi connectivity index (χ2v) is 17.6. The molecule has 0 saturated carbocycles. The zero-order valence-corrected chi connectivity index (χ0v) is 21.0. The molecule has 0 radical (unpaired) electrons. The first kappa shape index (κ1) is 22.9. The predicted octanol–water partition coefficient (Wildman–Crippen LogP) is 5.60. The molecule has 0 aliphatic carbocycles. The molecule has 2 aliphatic rings. The maximum absolute atomic E-state index is 13.6. The number of thioether (sulfide) groups is 1. The normalized spacial score (nSPS) is 25.3. The van der Waals surface area contributed by atoms with E-state index in [9.17, 15) is 4.79 Å². The molecule has 0 N–H and O–H groups in total. The Hall–Kier alpha value is -0.823. The van der Waals surface area contributed by atoms with Crippen LogP contribution in [-0.2, 0) is 11.3 Å². The van der Waals surface area contributed by atoms with Crippen LogP contribution in [0.25, 0.3) is 0 Å². The SMILES string of the molecule is CC1(C)COC(C)(C)N1C(=O)S[C@@H]([C@@H]1CCCN1Cc1ccccc1)[Si](C)(C)C. The molecule has 1 aromatic rings. The largest absolute Gasteiger partial charge is 0.354 e. The number of rotatable bonds is 5. The summed E-state index contributed by atoms with van der Waals surface area (Å²) in [6, 6.07) is 11.2. The van der Waals surface area contributed by atoms with E-state index in [1.165, 1.54) is 18.4 Å². The molecule has 2 saturated heterocycles. The Morgan fingerprint density at radius 1 is 1.21 bits per heavy atom. The first-order valence-electron chi connectivity index (χ1n) is 10.8. The Labute approximate surface area is 182 Å².